The van der Waals surface area contributed by atoms with Crippen LogP contribution >= 0.6 is 22.9 Å². The Morgan fingerprint density at radius 3 is 2.52 bits per heavy atom. The maximum atomic E-state index is 15.1. The molecule has 10 nitrogen and oxygen atoms in total. The number of nitrogens with zero attached hydrogens (tertiary/aromatic N) is 4. The van der Waals surface area contributed by atoms with Crippen molar-refractivity contribution in [2.45, 2.75) is 39.2 Å². The van der Waals surface area contributed by atoms with Gasteiger partial charge in [-0.15, -0.1) is 11.3 Å². The van der Waals surface area contributed by atoms with Crippen molar-refractivity contribution in [2.24, 2.45) is 36.1 Å². The number of anilines is 1. The zero-order valence-corrected chi connectivity index (χ0v) is 31.6. The van der Waals surface area contributed by atoms with Crippen molar-refractivity contribution in [1.29, 1.82) is 0 Å². The Hall–Kier alpha value is -5.26. The molecule has 5 aromatic rings. The number of hydrogen-bond donors (Lipinski definition) is 1. The van der Waals surface area contributed by atoms with E-state index in [9.17, 15) is 19.5 Å². The van der Waals surface area contributed by atoms with Gasteiger partial charge in [0.15, 0.2) is 11.5 Å². The average molecular weight is 761 g/mol. The van der Waals surface area contributed by atoms with E-state index in [0.717, 1.165) is 31.7 Å². The highest BCUT2D eigenvalue weighted by atomic mass is 35.5. The van der Waals surface area contributed by atoms with Gasteiger partial charge in [-0.1, -0.05) is 59.6 Å². The summed E-state index contributed by atoms with van der Waals surface area (Å²) in [7, 11) is 3.18. The van der Waals surface area contributed by atoms with Crippen molar-refractivity contribution in [3.8, 4) is 22.1 Å². The van der Waals surface area contributed by atoms with Crippen LogP contribution in [0, 0.1) is 36.0 Å². The van der Waals surface area contributed by atoms with Gasteiger partial charge in [-0.2, -0.15) is 5.10 Å². The van der Waals surface area contributed by atoms with Gasteiger partial charge < -0.3 is 9.84 Å². The van der Waals surface area contributed by atoms with Gasteiger partial charge in [0.2, 0.25) is 23.6 Å². The number of phenols is 1. The highest BCUT2D eigenvalue weighted by Crippen LogP contribution is 2.64. The summed E-state index contributed by atoms with van der Waals surface area (Å²) >= 11 is 7.89. The van der Waals surface area contributed by atoms with Crippen LogP contribution in [-0.2, 0) is 32.8 Å². The molecule has 9 rings (SSSR count). The number of rotatable bonds is 6. The first-order valence-electron chi connectivity index (χ1n) is 18.0. The molecule has 4 aliphatic rings. The van der Waals surface area contributed by atoms with Gasteiger partial charge >= 0.3 is 0 Å². The number of likely N-dealkylation sites (tertiary alicyclic amines) is 1. The van der Waals surface area contributed by atoms with Crippen LogP contribution in [-0.4, -0.2) is 50.5 Å². The summed E-state index contributed by atoms with van der Waals surface area (Å²) in [5, 5.41) is 17.0. The number of aromatic hydroxyl groups is 1. The number of carbonyl (C=O) groups is 4. The molecular formula is C42H37ClN4O6S. The highest BCUT2D eigenvalue weighted by molar-refractivity contribution is 7.22. The quantitative estimate of drug-likeness (QED) is 0.141. The Balaban J connectivity index is 1.14. The molecular weight excluding hydrogens is 724 g/mol. The van der Waals surface area contributed by atoms with E-state index in [1.54, 1.807) is 41.3 Å². The molecule has 2 aliphatic heterocycles. The summed E-state index contributed by atoms with van der Waals surface area (Å²) in [5.74, 6) is -3.82. The number of benzene rings is 3. The van der Waals surface area contributed by atoms with E-state index in [2.05, 4.69) is 0 Å². The predicted molar refractivity (Wildman–Crippen MR) is 205 cm³/mol. The van der Waals surface area contributed by atoms with Crippen LogP contribution in [0.2, 0.25) is 5.02 Å². The first kappa shape index (κ1) is 34.5. The molecule has 2 aromatic heterocycles. The molecule has 4 amide bonds. The molecule has 1 saturated carbocycles. The third kappa shape index (κ3) is 4.87. The molecule has 4 heterocycles. The zero-order chi connectivity index (χ0) is 37.8. The lowest BCUT2D eigenvalue weighted by Crippen LogP contribution is -2.48. The summed E-state index contributed by atoms with van der Waals surface area (Å²) in [4.78, 5) is 61.8. The number of thiophene rings is 1. The number of halogens is 1. The van der Waals surface area contributed by atoms with E-state index in [-0.39, 0.29) is 48.1 Å². The monoisotopic (exact) mass is 760 g/mol. The summed E-state index contributed by atoms with van der Waals surface area (Å²) in [6, 6.07) is 22.0. The zero-order valence-electron chi connectivity index (χ0n) is 30.1. The van der Waals surface area contributed by atoms with Gasteiger partial charge in [0.05, 0.1) is 41.7 Å². The first-order valence-corrected chi connectivity index (χ1v) is 19.2. The van der Waals surface area contributed by atoms with Crippen LogP contribution in [0.4, 0.5) is 5.82 Å². The van der Waals surface area contributed by atoms with E-state index < -0.39 is 35.0 Å². The Morgan fingerprint density at radius 2 is 1.76 bits per heavy atom. The Bertz CT molecular complexity index is 2470. The minimum Gasteiger partial charge on any atom is -0.504 e. The third-order valence-corrected chi connectivity index (χ3v) is 13.8. The van der Waals surface area contributed by atoms with Crippen LogP contribution in [0.25, 0.3) is 20.7 Å². The van der Waals surface area contributed by atoms with Crippen LogP contribution in [0.5, 0.6) is 11.5 Å². The molecule has 0 bridgehead atoms. The molecule has 3 aromatic carbocycles. The summed E-state index contributed by atoms with van der Waals surface area (Å²) in [6.45, 7) is 4.02. The van der Waals surface area contributed by atoms with Gasteiger partial charge in [0.1, 0.15) is 11.5 Å². The van der Waals surface area contributed by atoms with Crippen molar-refractivity contribution >= 4 is 62.5 Å². The summed E-state index contributed by atoms with van der Waals surface area (Å²) in [5.41, 5.74) is 2.77. The minimum atomic E-state index is -1.27. The molecule has 2 aliphatic carbocycles. The molecule has 0 spiro atoms. The van der Waals surface area contributed by atoms with Gasteiger partial charge in [-0.05, 0) is 85.0 Å². The van der Waals surface area contributed by atoms with E-state index >= 15 is 4.79 Å². The van der Waals surface area contributed by atoms with Crippen LogP contribution < -0.4 is 9.64 Å². The van der Waals surface area contributed by atoms with Crippen molar-refractivity contribution in [3.05, 3.63) is 106 Å². The Morgan fingerprint density at radius 1 is 0.981 bits per heavy atom. The number of ether oxygens (including phenoxy) is 1. The molecule has 54 heavy (non-hydrogen) atoms. The number of allylic oxidation sites excluding steroid dienone is 2. The van der Waals surface area contributed by atoms with Crippen molar-refractivity contribution in [3.63, 3.8) is 0 Å². The lowest BCUT2D eigenvalue weighted by atomic mass is 9.51. The Kier molecular flexibility index (Phi) is 7.92. The molecule has 6 atom stereocenters. The van der Waals surface area contributed by atoms with Crippen molar-refractivity contribution < 1.29 is 29.0 Å². The van der Waals surface area contributed by atoms with Crippen molar-refractivity contribution in [1.82, 2.24) is 14.7 Å². The largest absolute Gasteiger partial charge is 0.504 e. The van der Waals surface area contributed by atoms with Crippen molar-refractivity contribution in [2.75, 3.05) is 12.0 Å². The van der Waals surface area contributed by atoms with E-state index in [4.69, 9.17) is 21.4 Å². The number of fused-ring (bicyclic) bond motifs is 5. The number of amides is 4. The molecule has 12 heteroatoms. The standard InChI is InChI=1S/C42H37ClN4O6S/c1-21-27-17-24(43)11-15-33(27)54-37(21)30-19-34(45(3)44-30)47-39(50)29-18-28-25(36(42(29,2)41(47)52)23-10-14-31(48)32(16-23)53-4)12-13-26-35(28)40(51)46(38(26)49)20-22-8-6-5-7-9-22/h5-12,14-17,19,26,28-29,35-36,48H,13,18,20H2,1-4H3. The molecule has 6 unspecified atom stereocenters. The number of phenolic OH excluding ortho intramolecular Hbond substituents is 1. The van der Waals surface area contributed by atoms with Gasteiger partial charge in [0.25, 0.3) is 0 Å². The summed E-state index contributed by atoms with van der Waals surface area (Å²) in [6.07, 6.45) is 2.60. The highest BCUT2D eigenvalue weighted by Gasteiger charge is 2.68. The fourth-order valence-electron chi connectivity index (χ4n) is 9.69. The SMILES string of the molecule is COc1cc(C2C3=CCC4C(=O)N(Cc5ccccc5)C(=O)C4C3CC3C(=O)N(c4cc(-c5sc6ccc(Cl)cc6c5C)nn4C)C(=O)C32C)ccc1O. The van der Waals surface area contributed by atoms with Crippen LogP contribution in [0.15, 0.2) is 84.4 Å². The maximum absolute atomic E-state index is 15.1. The lowest BCUT2D eigenvalue weighted by molar-refractivity contribution is -0.141. The normalized spacial score (nSPS) is 26.3. The molecule has 274 valence electrons. The van der Waals surface area contributed by atoms with Gasteiger partial charge in [0, 0.05) is 28.8 Å². The van der Waals surface area contributed by atoms with Gasteiger partial charge in [-0.3, -0.25) is 28.8 Å². The number of aromatic nitrogens is 2. The molecule has 2 saturated heterocycles. The van der Waals surface area contributed by atoms with Crippen LogP contribution in [0.1, 0.15) is 42.4 Å². The van der Waals surface area contributed by atoms with E-state index in [0.29, 0.717) is 28.5 Å². The fraction of sp³-hybridized carbons (Fsp3) is 0.310. The Labute approximate surface area is 320 Å². The number of hydrogen-bond acceptors (Lipinski definition) is 8. The summed E-state index contributed by atoms with van der Waals surface area (Å²) < 4.78 is 8.13. The lowest BCUT2D eigenvalue weighted by Gasteiger charge is -2.49. The second-order valence-corrected chi connectivity index (χ2v) is 16.5. The number of imide groups is 2. The predicted octanol–water partition coefficient (Wildman–Crippen LogP) is 7.41. The number of methoxy groups -OCH3 is 1. The topological polar surface area (TPSA) is 122 Å². The van der Waals surface area contributed by atoms with E-state index in [1.165, 1.54) is 23.0 Å². The fourth-order valence-corrected chi connectivity index (χ4v) is 11.0. The second-order valence-electron chi connectivity index (χ2n) is 15.0. The van der Waals surface area contributed by atoms with Crippen LogP contribution in [0.3, 0.4) is 0 Å². The average Bonchev–Trinajstić information content (AvgIpc) is 3.83. The third-order valence-electron chi connectivity index (χ3n) is 12.3. The number of aryl methyl sites for hydroxylation is 2. The molecule has 1 N–H and O–H groups in total. The van der Waals surface area contributed by atoms with Gasteiger partial charge in [-0.25, -0.2) is 4.90 Å². The van der Waals surface area contributed by atoms with E-state index in [1.807, 2.05) is 68.5 Å². The minimum absolute atomic E-state index is 0.0576. The first-order chi connectivity index (χ1) is 25.9. The second kappa shape index (κ2) is 12.4. The molecule has 3 fully saturated rings. The molecule has 0 radical (unpaired) electrons. The smallest absolute Gasteiger partial charge is 0.242 e. The maximum Gasteiger partial charge on any atom is 0.242 e. The number of carbonyl (C=O) groups excluding carboxylic acids is 4.